The molecule has 0 aromatic carbocycles. The minimum Gasteiger partial charge on any atom is -0.389 e. The van der Waals surface area contributed by atoms with E-state index in [4.69, 9.17) is 4.74 Å². The van der Waals surface area contributed by atoms with Crippen molar-refractivity contribution >= 4 is 0 Å². The van der Waals surface area contributed by atoms with Crippen LogP contribution in [-0.2, 0) is 4.74 Å². The Balaban J connectivity index is 2.51. The number of likely N-dealkylation sites (N-methyl/N-ethyl adjacent to an activating group) is 1. The Kier molecular flexibility index (Phi) is 8.03. The van der Waals surface area contributed by atoms with Crippen molar-refractivity contribution in [1.29, 1.82) is 0 Å². The Bertz CT molecular complexity index is 247. The molecule has 1 unspecified atom stereocenters. The summed E-state index contributed by atoms with van der Waals surface area (Å²) < 4.78 is 5.01. The van der Waals surface area contributed by atoms with Crippen LogP contribution < -0.4 is 5.32 Å². The van der Waals surface area contributed by atoms with Crippen LogP contribution >= 0.6 is 0 Å². The van der Waals surface area contributed by atoms with Gasteiger partial charge < -0.3 is 20.1 Å². The van der Waals surface area contributed by atoms with Crippen LogP contribution in [0.2, 0.25) is 0 Å². The van der Waals surface area contributed by atoms with Crippen LogP contribution in [0.4, 0.5) is 0 Å². The maximum Gasteiger partial charge on any atom is 0.0899 e. The molecule has 0 aliphatic heterocycles. The van der Waals surface area contributed by atoms with E-state index in [-0.39, 0.29) is 6.10 Å². The monoisotopic (exact) mass is 286 g/mol. The number of aliphatic hydroxyl groups is 1. The second-order valence-electron chi connectivity index (χ2n) is 6.77. The number of ether oxygens (including phenoxy) is 1. The Hall–Kier alpha value is -0.160. The largest absolute Gasteiger partial charge is 0.389 e. The lowest BCUT2D eigenvalue weighted by atomic mass is 9.70. The molecule has 0 spiro atoms. The van der Waals surface area contributed by atoms with Crippen LogP contribution in [-0.4, -0.2) is 63.1 Å². The van der Waals surface area contributed by atoms with E-state index >= 15 is 0 Å². The highest BCUT2D eigenvalue weighted by molar-refractivity contribution is 4.89. The molecule has 1 fully saturated rings. The van der Waals surface area contributed by atoms with E-state index in [1.807, 2.05) is 0 Å². The first-order chi connectivity index (χ1) is 9.51. The van der Waals surface area contributed by atoms with E-state index in [0.717, 1.165) is 25.6 Å². The van der Waals surface area contributed by atoms with Gasteiger partial charge in [-0.3, -0.25) is 0 Å². The number of nitrogens with one attached hydrogen (secondary N) is 1. The molecular formula is C16H34N2O2. The van der Waals surface area contributed by atoms with E-state index < -0.39 is 0 Å². The lowest BCUT2D eigenvalue weighted by molar-refractivity contribution is 0.0252. The summed E-state index contributed by atoms with van der Waals surface area (Å²) in [6, 6.07) is 0. The summed E-state index contributed by atoms with van der Waals surface area (Å²) >= 11 is 0. The topological polar surface area (TPSA) is 44.7 Å². The highest BCUT2D eigenvalue weighted by atomic mass is 16.5. The van der Waals surface area contributed by atoms with Crippen molar-refractivity contribution in [3.63, 3.8) is 0 Å². The van der Waals surface area contributed by atoms with Gasteiger partial charge in [0.1, 0.15) is 0 Å². The summed E-state index contributed by atoms with van der Waals surface area (Å²) in [6.07, 6.45) is 4.88. The third kappa shape index (κ3) is 6.08. The predicted molar refractivity (Wildman–Crippen MR) is 84.0 cm³/mol. The van der Waals surface area contributed by atoms with Crippen LogP contribution in [0.25, 0.3) is 0 Å². The van der Waals surface area contributed by atoms with Crippen LogP contribution in [0.1, 0.15) is 39.5 Å². The second-order valence-corrected chi connectivity index (χ2v) is 6.77. The molecule has 1 rings (SSSR count). The maximum atomic E-state index is 9.87. The van der Waals surface area contributed by atoms with Crippen molar-refractivity contribution in [3.05, 3.63) is 0 Å². The average Bonchev–Trinajstić information content (AvgIpc) is 2.40. The zero-order valence-electron chi connectivity index (χ0n) is 13.8. The SMILES string of the molecule is CCNCC1(CN(C)CC(O)COC)CCC(C)CC1. The number of hydrogen-bond donors (Lipinski definition) is 2. The summed E-state index contributed by atoms with van der Waals surface area (Å²) in [5.74, 6) is 0.870. The molecule has 1 aliphatic rings. The first-order valence-corrected chi connectivity index (χ1v) is 8.07. The molecule has 0 aromatic heterocycles. The average molecular weight is 286 g/mol. The summed E-state index contributed by atoms with van der Waals surface area (Å²) in [5, 5.41) is 13.4. The smallest absolute Gasteiger partial charge is 0.0899 e. The molecule has 4 nitrogen and oxygen atoms in total. The molecule has 1 atom stereocenters. The third-order valence-electron chi connectivity index (χ3n) is 4.57. The van der Waals surface area contributed by atoms with Crippen molar-refractivity contribution in [2.75, 3.05) is 46.9 Å². The summed E-state index contributed by atoms with van der Waals surface area (Å²) in [4.78, 5) is 2.27. The van der Waals surface area contributed by atoms with Gasteiger partial charge >= 0.3 is 0 Å². The van der Waals surface area contributed by atoms with Gasteiger partial charge in [0.2, 0.25) is 0 Å². The van der Waals surface area contributed by atoms with E-state index in [2.05, 4.69) is 31.1 Å². The Morgan fingerprint density at radius 1 is 1.40 bits per heavy atom. The number of nitrogens with zero attached hydrogens (tertiary/aromatic N) is 1. The van der Waals surface area contributed by atoms with Gasteiger partial charge in [0.25, 0.3) is 0 Å². The standard InChI is InChI=1S/C16H34N2O2/c1-5-17-12-16(8-6-14(2)7-9-16)13-18(3)10-15(19)11-20-4/h14-15,17,19H,5-13H2,1-4H3. The number of hydrogen-bond acceptors (Lipinski definition) is 4. The van der Waals surface area contributed by atoms with Gasteiger partial charge in [-0.05, 0) is 37.8 Å². The highest BCUT2D eigenvalue weighted by Crippen LogP contribution is 2.39. The van der Waals surface area contributed by atoms with Crippen LogP contribution in [0.3, 0.4) is 0 Å². The first kappa shape index (κ1) is 17.9. The van der Waals surface area contributed by atoms with Gasteiger partial charge in [-0.25, -0.2) is 0 Å². The lowest BCUT2D eigenvalue weighted by Crippen LogP contribution is -2.47. The van der Waals surface area contributed by atoms with Crippen molar-refractivity contribution in [2.45, 2.75) is 45.6 Å². The van der Waals surface area contributed by atoms with Gasteiger partial charge in [-0.1, -0.05) is 26.7 Å². The maximum absolute atomic E-state index is 9.87. The quantitative estimate of drug-likeness (QED) is 0.677. The first-order valence-electron chi connectivity index (χ1n) is 8.07. The Morgan fingerprint density at radius 2 is 2.05 bits per heavy atom. The summed E-state index contributed by atoms with van der Waals surface area (Å²) in [7, 11) is 3.75. The summed E-state index contributed by atoms with van der Waals surface area (Å²) in [6.45, 7) is 8.84. The molecule has 0 aromatic rings. The molecular weight excluding hydrogens is 252 g/mol. The normalized spacial score (nSPS) is 28.8. The molecule has 120 valence electrons. The third-order valence-corrected chi connectivity index (χ3v) is 4.57. The molecule has 2 N–H and O–H groups in total. The van der Waals surface area contributed by atoms with Crippen LogP contribution in [0, 0.1) is 11.3 Å². The Labute approximate surface area is 124 Å². The van der Waals surface area contributed by atoms with Crippen LogP contribution in [0.15, 0.2) is 0 Å². The van der Waals surface area contributed by atoms with Crippen molar-refractivity contribution in [2.24, 2.45) is 11.3 Å². The fraction of sp³-hybridized carbons (Fsp3) is 1.00. The predicted octanol–water partition coefficient (Wildman–Crippen LogP) is 1.73. The second kappa shape index (κ2) is 8.98. The molecule has 4 heteroatoms. The van der Waals surface area contributed by atoms with Crippen LogP contribution in [0.5, 0.6) is 0 Å². The zero-order chi connectivity index (χ0) is 15.0. The fourth-order valence-electron chi connectivity index (χ4n) is 3.40. The molecule has 0 heterocycles. The highest BCUT2D eigenvalue weighted by Gasteiger charge is 2.34. The number of methoxy groups -OCH3 is 1. The Morgan fingerprint density at radius 3 is 2.60 bits per heavy atom. The van der Waals surface area contributed by atoms with Gasteiger partial charge in [-0.2, -0.15) is 0 Å². The van der Waals surface area contributed by atoms with Crippen molar-refractivity contribution in [3.8, 4) is 0 Å². The summed E-state index contributed by atoms with van der Waals surface area (Å²) in [5.41, 5.74) is 0.379. The van der Waals surface area contributed by atoms with Gasteiger partial charge in [0, 0.05) is 26.7 Å². The zero-order valence-corrected chi connectivity index (χ0v) is 13.8. The van der Waals surface area contributed by atoms with Gasteiger partial charge in [0.05, 0.1) is 12.7 Å². The molecule has 0 amide bonds. The molecule has 0 bridgehead atoms. The minimum absolute atomic E-state index is 0.379. The van der Waals surface area contributed by atoms with Crippen molar-refractivity contribution < 1.29 is 9.84 Å². The van der Waals surface area contributed by atoms with E-state index in [1.165, 1.54) is 25.7 Å². The minimum atomic E-state index is -0.385. The van der Waals surface area contributed by atoms with Crippen molar-refractivity contribution in [1.82, 2.24) is 10.2 Å². The fourth-order valence-corrected chi connectivity index (χ4v) is 3.40. The molecule has 0 saturated heterocycles. The van der Waals surface area contributed by atoms with E-state index in [9.17, 15) is 5.11 Å². The van der Waals surface area contributed by atoms with Gasteiger partial charge in [-0.15, -0.1) is 0 Å². The number of rotatable bonds is 9. The number of aliphatic hydroxyl groups excluding tert-OH is 1. The van der Waals surface area contributed by atoms with E-state index in [0.29, 0.717) is 18.6 Å². The van der Waals surface area contributed by atoms with E-state index in [1.54, 1.807) is 7.11 Å². The molecule has 20 heavy (non-hydrogen) atoms. The molecule has 1 aliphatic carbocycles. The molecule has 0 radical (unpaired) electrons. The van der Waals surface area contributed by atoms with Gasteiger partial charge in [0.15, 0.2) is 0 Å². The molecule has 1 saturated carbocycles. The lowest BCUT2D eigenvalue weighted by Gasteiger charge is -2.42.